The van der Waals surface area contributed by atoms with E-state index in [0.717, 1.165) is 26.1 Å². The Morgan fingerprint density at radius 2 is 2.17 bits per heavy atom. The van der Waals surface area contributed by atoms with Gasteiger partial charge in [0.1, 0.15) is 0 Å². The fraction of sp³-hybridized carbons (Fsp3) is 0.571. The van der Waals surface area contributed by atoms with E-state index in [-0.39, 0.29) is 18.8 Å². The molecular weight excluding hydrogens is 228 g/mol. The minimum Gasteiger partial charge on any atom is -0.394 e. The van der Waals surface area contributed by atoms with Gasteiger partial charge in [-0.05, 0) is 12.0 Å². The van der Waals surface area contributed by atoms with Crippen LogP contribution in [-0.2, 0) is 4.74 Å². The average molecular weight is 250 g/mol. The zero-order chi connectivity index (χ0) is 12.8. The monoisotopic (exact) mass is 250 g/mol. The molecule has 0 aliphatic carbocycles. The van der Waals surface area contributed by atoms with Gasteiger partial charge in [0.2, 0.25) is 0 Å². The Hall–Kier alpha value is -0.940. The summed E-state index contributed by atoms with van der Waals surface area (Å²) < 4.78 is 5.43. The highest BCUT2D eigenvalue weighted by Gasteiger charge is 2.19. The zero-order valence-electron chi connectivity index (χ0n) is 10.7. The van der Waals surface area contributed by atoms with Crippen LogP contribution in [0, 0.1) is 0 Å². The van der Waals surface area contributed by atoms with Gasteiger partial charge in [-0.15, -0.1) is 0 Å². The average Bonchev–Trinajstić information content (AvgIpc) is 2.46. The van der Waals surface area contributed by atoms with Gasteiger partial charge in [-0.1, -0.05) is 30.3 Å². The van der Waals surface area contributed by atoms with E-state index in [1.165, 1.54) is 5.56 Å². The number of nitrogens with zero attached hydrogens (tertiary/aromatic N) is 1. The number of aliphatic hydroxyl groups is 1. The molecule has 4 nitrogen and oxygen atoms in total. The summed E-state index contributed by atoms with van der Waals surface area (Å²) in [5.41, 5.74) is 7.36. The molecule has 2 rings (SSSR count). The summed E-state index contributed by atoms with van der Waals surface area (Å²) in [5, 5.41) is 9.09. The van der Waals surface area contributed by atoms with Gasteiger partial charge >= 0.3 is 0 Å². The van der Waals surface area contributed by atoms with Crippen molar-refractivity contribution in [3.8, 4) is 0 Å². The Bertz CT molecular complexity index is 345. The number of morpholine rings is 1. The molecule has 0 amide bonds. The molecule has 1 aliphatic heterocycles. The van der Waals surface area contributed by atoms with Gasteiger partial charge in [-0.25, -0.2) is 0 Å². The van der Waals surface area contributed by atoms with Crippen LogP contribution in [0.5, 0.6) is 0 Å². The van der Waals surface area contributed by atoms with Crippen LogP contribution >= 0.6 is 0 Å². The predicted octanol–water partition coefficient (Wildman–Crippen LogP) is 0.770. The first kappa shape index (κ1) is 13.5. The molecule has 1 aromatic carbocycles. The Morgan fingerprint density at radius 1 is 1.39 bits per heavy atom. The molecule has 18 heavy (non-hydrogen) atoms. The molecule has 3 N–H and O–H groups in total. The Labute approximate surface area is 108 Å². The van der Waals surface area contributed by atoms with Crippen molar-refractivity contribution in [3.05, 3.63) is 35.9 Å². The summed E-state index contributed by atoms with van der Waals surface area (Å²) in [7, 11) is 0. The molecule has 2 unspecified atom stereocenters. The largest absolute Gasteiger partial charge is 0.394 e. The number of hydrogen-bond donors (Lipinski definition) is 2. The molecule has 0 radical (unpaired) electrons. The third kappa shape index (κ3) is 3.78. The van der Waals surface area contributed by atoms with Crippen molar-refractivity contribution in [2.75, 3.05) is 32.8 Å². The van der Waals surface area contributed by atoms with Crippen LogP contribution in [0.25, 0.3) is 0 Å². The Kier molecular flexibility index (Phi) is 5.13. The van der Waals surface area contributed by atoms with Crippen LogP contribution < -0.4 is 5.73 Å². The molecule has 0 bridgehead atoms. The second-order valence-corrected chi connectivity index (χ2v) is 4.78. The fourth-order valence-electron chi connectivity index (χ4n) is 2.28. The lowest BCUT2D eigenvalue weighted by Crippen LogP contribution is -2.44. The lowest BCUT2D eigenvalue weighted by Gasteiger charge is -2.32. The number of ether oxygens (including phenoxy) is 1. The van der Waals surface area contributed by atoms with E-state index < -0.39 is 0 Å². The van der Waals surface area contributed by atoms with Gasteiger partial charge in [0.05, 0.1) is 19.3 Å². The maximum atomic E-state index is 9.09. The van der Waals surface area contributed by atoms with Gasteiger partial charge < -0.3 is 15.6 Å². The predicted molar refractivity (Wildman–Crippen MR) is 71.3 cm³/mol. The van der Waals surface area contributed by atoms with E-state index in [1.807, 2.05) is 18.2 Å². The van der Waals surface area contributed by atoms with Crippen LogP contribution in [0.15, 0.2) is 30.3 Å². The summed E-state index contributed by atoms with van der Waals surface area (Å²) in [5.74, 6) is 0. The van der Waals surface area contributed by atoms with Crippen molar-refractivity contribution in [3.63, 3.8) is 0 Å². The highest BCUT2D eigenvalue weighted by molar-refractivity contribution is 5.18. The molecule has 1 aromatic rings. The number of rotatable bonds is 5. The lowest BCUT2D eigenvalue weighted by atomic mass is 10.0. The molecule has 0 saturated carbocycles. The third-order valence-electron chi connectivity index (χ3n) is 3.41. The summed E-state index contributed by atoms with van der Waals surface area (Å²) in [6, 6.07) is 10.3. The summed E-state index contributed by atoms with van der Waals surface area (Å²) in [6.45, 7) is 3.49. The standard InChI is InChI=1S/C14H22N2O2/c15-14(12-4-2-1-3-5-12)6-7-16-8-9-18-13(10-16)11-17/h1-5,13-14,17H,6-11,15H2. The van der Waals surface area contributed by atoms with Gasteiger partial charge in [0.25, 0.3) is 0 Å². The lowest BCUT2D eigenvalue weighted by molar-refractivity contribution is -0.0531. The first-order chi connectivity index (χ1) is 8.79. The first-order valence-corrected chi connectivity index (χ1v) is 6.55. The van der Waals surface area contributed by atoms with Crippen molar-refractivity contribution >= 4 is 0 Å². The summed E-state index contributed by atoms with van der Waals surface area (Å²) >= 11 is 0. The second kappa shape index (κ2) is 6.85. The molecule has 100 valence electrons. The molecular formula is C14H22N2O2. The van der Waals surface area contributed by atoms with E-state index in [1.54, 1.807) is 0 Å². The topological polar surface area (TPSA) is 58.7 Å². The van der Waals surface area contributed by atoms with Gasteiger partial charge in [0.15, 0.2) is 0 Å². The van der Waals surface area contributed by atoms with E-state index in [0.29, 0.717) is 6.61 Å². The second-order valence-electron chi connectivity index (χ2n) is 4.78. The van der Waals surface area contributed by atoms with E-state index in [2.05, 4.69) is 17.0 Å². The summed E-state index contributed by atoms with van der Waals surface area (Å²) in [4.78, 5) is 2.31. The SMILES string of the molecule is NC(CCN1CCOC(CO)C1)c1ccccc1. The van der Waals surface area contributed by atoms with Gasteiger partial charge in [0, 0.05) is 25.7 Å². The molecule has 0 aromatic heterocycles. The Balaban J connectivity index is 1.77. The zero-order valence-corrected chi connectivity index (χ0v) is 10.7. The molecule has 1 aliphatic rings. The van der Waals surface area contributed by atoms with Crippen molar-refractivity contribution in [2.24, 2.45) is 5.73 Å². The summed E-state index contributed by atoms with van der Waals surface area (Å²) in [6.07, 6.45) is 0.897. The van der Waals surface area contributed by atoms with Crippen molar-refractivity contribution in [2.45, 2.75) is 18.6 Å². The molecule has 1 saturated heterocycles. The van der Waals surface area contributed by atoms with Crippen LogP contribution in [0.4, 0.5) is 0 Å². The maximum Gasteiger partial charge on any atom is 0.0932 e. The molecule has 4 heteroatoms. The van der Waals surface area contributed by atoms with Crippen molar-refractivity contribution in [1.29, 1.82) is 0 Å². The van der Waals surface area contributed by atoms with Gasteiger partial charge in [-0.2, -0.15) is 0 Å². The fourth-order valence-corrected chi connectivity index (χ4v) is 2.28. The van der Waals surface area contributed by atoms with Crippen LogP contribution in [0.2, 0.25) is 0 Å². The van der Waals surface area contributed by atoms with E-state index in [9.17, 15) is 0 Å². The highest BCUT2D eigenvalue weighted by atomic mass is 16.5. The maximum absolute atomic E-state index is 9.09. The number of nitrogens with two attached hydrogens (primary N) is 1. The minimum atomic E-state index is -0.0355. The molecule has 1 fully saturated rings. The normalized spacial score (nSPS) is 22.9. The van der Waals surface area contributed by atoms with Gasteiger partial charge in [-0.3, -0.25) is 4.90 Å². The first-order valence-electron chi connectivity index (χ1n) is 6.55. The molecule has 0 spiro atoms. The molecule has 1 heterocycles. The van der Waals surface area contributed by atoms with Crippen LogP contribution in [0.3, 0.4) is 0 Å². The number of aliphatic hydroxyl groups excluding tert-OH is 1. The van der Waals surface area contributed by atoms with Crippen molar-refractivity contribution < 1.29 is 9.84 Å². The Morgan fingerprint density at radius 3 is 2.89 bits per heavy atom. The quantitative estimate of drug-likeness (QED) is 0.810. The smallest absolute Gasteiger partial charge is 0.0932 e. The van der Waals surface area contributed by atoms with E-state index in [4.69, 9.17) is 15.6 Å². The van der Waals surface area contributed by atoms with E-state index >= 15 is 0 Å². The van der Waals surface area contributed by atoms with Crippen LogP contribution in [0.1, 0.15) is 18.0 Å². The highest BCUT2D eigenvalue weighted by Crippen LogP contribution is 2.15. The molecule has 2 atom stereocenters. The number of hydrogen-bond acceptors (Lipinski definition) is 4. The number of benzene rings is 1. The van der Waals surface area contributed by atoms with Crippen molar-refractivity contribution in [1.82, 2.24) is 4.90 Å². The third-order valence-corrected chi connectivity index (χ3v) is 3.41. The minimum absolute atomic E-state index is 0.0355. The van der Waals surface area contributed by atoms with Crippen LogP contribution in [-0.4, -0.2) is 49.0 Å².